The molecule has 0 atom stereocenters. The summed E-state index contributed by atoms with van der Waals surface area (Å²) in [5, 5.41) is 0.237. The minimum absolute atomic E-state index is 0.0509. The first-order valence-electron chi connectivity index (χ1n) is 3.20. The number of carbonyl (C=O) groups is 1. The first-order valence-corrected chi connectivity index (χ1v) is 3.58. The second-order valence-electron chi connectivity index (χ2n) is 2.12. The van der Waals surface area contributed by atoms with E-state index in [-0.39, 0.29) is 16.7 Å². The van der Waals surface area contributed by atoms with E-state index < -0.39 is 5.97 Å². The maximum atomic E-state index is 10.5. The molecule has 12 heavy (non-hydrogen) atoms. The predicted octanol–water partition coefficient (Wildman–Crippen LogP) is 1.24. The Morgan fingerprint density at radius 1 is 1.67 bits per heavy atom. The normalized spacial score (nSPS) is 9.50. The van der Waals surface area contributed by atoms with Crippen molar-refractivity contribution < 1.29 is 9.53 Å². The molecular weight excluding hydrogens is 180 g/mol. The molecule has 0 amide bonds. The zero-order valence-corrected chi connectivity index (χ0v) is 7.13. The van der Waals surface area contributed by atoms with Gasteiger partial charge in [-0.2, -0.15) is 4.98 Å². The van der Waals surface area contributed by atoms with E-state index in [1.54, 1.807) is 0 Å². The first kappa shape index (κ1) is 8.80. The van der Waals surface area contributed by atoms with Gasteiger partial charge in [0, 0.05) is 6.92 Å². The summed E-state index contributed by atoms with van der Waals surface area (Å²) >= 11 is 5.54. The number of nitrogen functional groups attached to an aromatic ring is 1. The SMILES string of the molecule is CC(=O)Oc1nc(Cl)ccc1N. The summed E-state index contributed by atoms with van der Waals surface area (Å²) in [5.41, 5.74) is 5.73. The number of rotatable bonds is 1. The van der Waals surface area contributed by atoms with Crippen molar-refractivity contribution >= 4 is 23.3 Å². The highest BCUT2D eigenvalue weighted by Gasteiger charge is 2.04. The zero-order chi connectivity index (χ0) is 9.14. The molecule has 0 aliphatic carbocycles. The predicted molar refractivity (Wildman–Crippen MR) is 45.0 cm³/mol. The molecule has 0 radical (unpaired) electrons. The molecule has 64 valence electrons. The molecule has 4 nitrogen and oxygen atoms in total. The fraction of sp³-hybridized carbons (Fsp3) is 0.143. The highest BCUT2D eigenvalue weighted by atomic mass is 35.5. The van der Waals surface area contributed by atoms with Gasteiger partial charge in [-0.25, -0.2) is 0 Å². The number of nitrogens with two attached hydrogens (primary N) is 1. The highest BCUT2D eigenvalue weighted by Crippen LogP contribution is 2.20. The lowest BCUT2D eigenvalue weighted by Crippen LogP contribution is -2.05. The molecule has 0 spiro atoms. The number of nitrogens with zero attached hydrogens (tertiary/aromatic N) is 1. The van der Waals surface area contributed by atoms with Gasteiger partial charge >= 0.3 is 5.97 Å². The number of carbonyl (C=O) groups excluding carboxylic acids is 1. The third kappa shape index (κ3) is 2.10. The van der Waals surface area contributed by atoms with Gasteiger partial charge in [0.05, 0.1) is 5.69 Å². The van der Waals surface area contributed by atoms with Crippen molar-refractivity contribution in [3.05, 3.63) is 17.3 Å². The number of aromatic nitrogens is 1. The van der Waals surface area contributed by atoms with E-state index in [0.29, 0.717) is 0 Å². The summed E-state index contributed by atoms with van der Waals surface area (Å²) in [7, 11) is 0. The van der Waals surface area contributed by atoms with Gasteiger partial charge in [0.15, 0.2) is 0 Å². The minimum atomic E-state index is -0.475. The molecule has 0 saturated heterocycles. The van der Waals surface area contributed by atoms with E-state index in [1.807, 2.05) is 0 Å². The Hall–Kier alpha value is -1.29. The van der Waals surface area contributed by atoms with Crippen LogP contribution in [0.25, 0.3) is 0 Å². The number of esters is 1. The summed E-state index contributed by atoms with van der Waals surface area (Å²) in [5.74, 6) is -0.425. The van der Waals surface area contributed by atoms with E-state index in [2.05, 4.69) is 9.72 Å². The third-order valence-electron chi connectivity index (χ3n) is 1.10. The van der Waals surface area contributed by atoms with Crippen molar-refractivity contribution in [3.63, 3.8) is 0 Å². The second-order valence-corrected chi connectivity index (χ2v) is 2.51. The van der Waals surface area contributed by atoms with Crippen LogP contribution in [0.4, 0.5) is 5.69 Å². The van der Waals surface area contributed by atoms with Crippen LogP contribution in [0.15, 0.2) is 12.1 Å². The van der Waals surface area contributed by atoms with E-state index in [9.17, 15) is 4.79 Å². The highest BCUT2D eigenvalue weighted by molar-refractivity contribution is 6.29. The van der Waals surface area contributed by atoms with Crippen molar-refractivity contribution in [2.75, 3.05) is 5.73 Å². The molecule has 5 heteroatoms. The molecule has 0 aliphatic rings. The summed E-state index contributed by atoms with van der Waals surface area (Å²) < 4.78 is 4.67. The van der Waals surface area contributed by atoms with Crippen LogP contribution in [0.2, 0.25) is 5.15 Å². The van der Waals surface area contributed by atoms with Gasteiger partial charge < -0.3 is 10.5 Å². The van der Waals surface area contributed by atoms with E-state index in [1.165, 1.54) is 19.1 Å². The molecule has 1 rings (SSSR count). The van der Waals surface area contributed by atoms with Gasteiger partial charge in [0.1, 0.15) is 5.15 Å². The van der Waals surface area contributed by atoms with Crippen LogP contribution in [0.5, 0.6) is 5.88 Å². The van der Waals surface area contributed by atoms with Crippen LogP contribution in [-0.2, 0) is 4.79 Å². The Labute approximate surface area is 74.3 Å². The molecule has 1 aromatic rings. The fourth-order valence-electron chi connectivity index (χ4n) is 0.647. The molecule has 0 saturated carbocycles. The smallest absolute Gasteiger partial charge is 0.309 e. The maximum absolute atomic E-state index is 10.5. The van der Waals surface area contributed by atoms with Gasteiger partial charge in [-0.15, -0.1) is 0 Å². The average molecular weight is 187 g/mol. The zero-order valence-electron chi connectivity index (χ0n) is 6.37. The number of hydrogen-bond donors (Lipinski definition) is 1. The molecule has 0 fully saturated rings. The molecule has 0 unspecified atom stereocenters. The number of ether oxygens (including phenoxy) is 1. The molecule has 1 aromatic heterocycles. The fourth-order valence-corrected chi connectivity index (χ4v) is 0.786. The largest absolute Gasteiger partial charge is 0.405 e. The number of halogens is 1. The Kier molecular flexibility index (Phi) is 2.50. The molecule has 0 bridgehead atoms. The molecule has 0 aromatic carbocycles. The standard InChI is InChI=1S/C7H7ClN2O2/c1-4(11)12-7-5(9)2-3-6(8)10-7/h2-3H,9H2,1H3. The lowest BCUT2D eigenvalue weighted by atomic mass is 10.4. The van der Waals surface area contributed by atoms with Crippen molar-refractivity contribution in [2.45, 2.75) is 6.92 Å². The lowest BCUT2D eigenvalue weighted by molar-refractivity contribution is -0.132. The third-order valence-corrected chi connectivity index (χ3v) is 1.31. The van der Waals surface area contributed by atoms with Crippen LogP contribution >= 0.6 is 11.6 Å². The van der Waals surface area contributed by atoms with Crippen LogP contribution < -0.4 is 10.5 Å². The van der Waals surface area contributed by atoms with E-state index in [0.717, 1.165) is 0 Å². The molecule has 2 N–H and O–H groups in total. The Bertz CT molecular complexity index is 314. The topological polar surface area (TPSA) is 65.2 Å². The van der Waals surface area contributed by atoms with Crippen LogP contribution in [0.3, 0.4) is 0 Å². The summed E-state index contributed by atoms with van der Waals surface area (Å²) in [6, 6.07) is 3.04. The second kappa shape index (κ2) is 3.40. The Morgan fingerprint density at radius 2 is 2.33 bits per heavy atom. The van der Waals surface area contributed by atoms with Crippen molar-refractivity contribution in [3.8, 4) is 5.88 Å². The maximum Gasteiger partial charge on any atom is 0.309 e. The van der Waals surface area contributed by atoms with Crippen LogP contribution in [0, 0.1) is 0 Å². The van der Waals surface area contributed by atoms with E-state index >= 15 is 0 Å². The van der Waals surface area contributed by atoms with E-state index in [4.69, 9.17) is 17.3 Å². The van der Waals surface area contributed by atoms with Gasteiger partial charge in [0.2, 0.25) is 5.88 Å². The van der Waals surface area contributed by atoms with Gasteiger partial charge in [0.25, 0.3) is 0 Å². The first-order chi connectivity index (χ1) is 5.59. The molecule has 1 heterocycles. The number of pyridine rings is 1. The number of hydrogen-bond acceptors (Lipinski definition) is 4. The van der Waals surface area contributed by atoms with Gasteiger partial charge in [-0.1, -0.05) is 11.6 Å². The summed E-state index contributed by atoms with van der Waals surface area (Å²) in [6.07, 6.45) is 0. The number of anilines is 1. The Balaban J connectivity index is 2.97. The lowest BCUT2D eigenvalue weighted by Gasteiger charge is -2.02. The van der Waals surface area contributed by atoms with Gasteiger partial charge in [-0.05, 0) is 12.1 Å². The summed E-state index contributed by atoms with van der Waals surface area (Å²) in [6.45, 7) is 1.27. The minimum Gasteiger partial charge on any atom is -0.405 e. The van der Waals surface area contributed by atoms with Crippen molar-refractivity contribution in [1.82, 2.24) is 4.98 Å². The molecular formula is C7H7ClN2O2. The van der Waals surface area contributed by atoms with Gasteiger partial charge in [-0.3, -0.25) is 4.79 Å². The molecule has 0 aliphatic heterocycles. The Morgan fingerprint density at radius 3 is 2.92 bits per heavy atom. The monoisotopic (exact) mass is 186 g/mol. The van der Waals surface area contributed by atoms with Crippen LogP contribution in [-0.4, -0.2) is 11.0 Å². The van der Waals surface area contributed by atoms with Crippen molar-refractivity contribution in [2.24, 2.45) is 0 Å². The summed E-state index contributed by atoms with van der Waals surface area (Å²) in [4.78, 5) is 14.2. The van der Waals surface area contributed by atoms with Crippen molar-refractivity contribution in [1.29, 1.82) is 0 Å². The van der Waals surface area contributed by atoms with Crippen LogP contribution in [0.1, 0.15) is 6.92 Å². The quantitative estimate of drug-likeness (QED) is 0.530. The average Bonchev–Trinajstić information content (AvgIpc) is 1.96.